The van der Waals surface area contributed by atoms with Crippen LogP contribution in [0.1, 0.15) is 26.9 Å². The molecule has 2 amide bonds. The molecule has 5 rings (SSSR count). The molecule has 4 aromatic rings. The second-order valence-electron chi connectivity index (χ2n) is 7.67. The second-order valence-corrected chi connectivity index (χ2v) is 10.1. The molecule has 3 aromatic carbocycles. The summed E-state index contributed by atoms with van der Waals surface area (Å²) in [7, 11) is 0. The molecular formula is C25H19ClN4O2S2. The number of carbonyl (C=O) groups excluding carboxylic acids is 2. The molecule has 6 nitrogen and oxygen atoms in total. The number of thioether (sulfide) groups is 1. The number of amides is 2. The van der Waals surface area contributed by atoms with E-state index in [0.717, 1.165) is 21.7 Å². The average Bonchev–Trinajstić information content (AvgIpc) is 3.48. The molecule has 0 bridgehead atoms. The van der Waals surface area contributed by atoms with Crippen molar-refractivity contribution < 1.29 is 9.59 Å². The number of nitrogens with one attached hydrogen (secondary N) is 1. The van der Waals surface area contributed by atoms with Gasteiger partial charge in [-0.25, -0.2) is 0 Å². The maximum atomic E-state index is 12.7. The van der Waals surface area contributed by atoms with Crippen LogP contribution >= 0.6 is 34.7 Å². The number of rotatable bonds is 6. The van der Waals surface area contributed by atoms with E-state index in [-0.39, 0.29) is 17.2 Å². The first-order chi connectivity index (χ1) is 16.6. The highest BCUT2D eigenvalue weighted by Gasteiger charge is 2.32. The Morgan fingerprint density at radius 3 is 2.47 bits per heavy atom. The molecule has 0 aliphatic carbocycles. The normalized spacial score (nSPS) is 15.5. The summed E-state index contributed by atoms with van der Waals surface area (Å²) in [5.41, 5.74) is 3.47. The van der Waals surface area contributed by atoms with Gasteiger partial charge in [0.15, 0.2) is 0 Å². The molecule has 1 unspecified atom stereocenters. The van der Waals surface area contributed by atoms with Gasteiger partial charge < -0.3 is 4.90 Å². The van der Waals surface area contributed by atoms with Crippen molar-refractivity contribution in [2.45, 2.75) is 11.9 Å². The van der Waals surface area contributed by atoms with Crippen LogP contribution in [0.2, 0.25) is 5.02 Å². The number of benzene rings is 3. The van der Waals surface area contributed by atoms with Crippen molar-refractivity contribution in [1.29, 1.82) is 0 Å². The third-order valence-corrected chi connectivity index (χ3v) is 7.75. The summed E-state index contributed by atoms with van der Waals surface area (Å²) in [6, 6.07) is 24.6. The Morgan fingerprint density at radius 1 is 1.00 bits per heavy atom. The highest BCUT2D eigenvalue weighted by atomic mass is 35.5. The molecule has 2 heterocycles. The Labute approximate surface area is 210 Å². The van der Waals surface area contributed by atoms with Gasteiger partial charge in [0.05, 0.1) is 5.75 Å². The van der Waals surface area contributed by atoms with Crippen LogP contribution in [0.15, 0.2) is 78.9 Å². The molecule has 1 N–H and O–H groups in total. The quantitative estimate of drug-likeness (QED) is 0.353. The molecule has 1 aromatic heterocycles. The summed E-state index contributed by atoms with van der Waals surface area (Å²) in [4.78, 5) is 27.1. The van der Waals surface area contributed by atoms with Crippen LogP contribution in [0.5, 0.6) is 0 Å². The van der Waals surface area contributed by atoms with Crippen molar-refractivity contribution >= 4 is 51.6 Å². The molecule has 1 saturated heterocycles. The van der Waals surface area contributed by atoms with Gasteiger partial charge in [0, 0.05) is 22.7 Å². The molecule has 170 valence electrons. The molecule has 1 fully saturated rings. The number of hydrogen-bond donors (Lipinski definition) is 1. The number of carbonyl (C=O) groups is 2. The van der Waals surface area contributed by atoms with Crippen molar-refractivity contribution in [3.05, 3.63) is 101 Å². The van der Waals surface area contributed by atoms with Crippen LogP contribution in [0.4, 0.5) is 5.13 Å². The minimum absolute atomic E-state index is 0.0947. The summed E-state index contributed by atoms with van der Waals surface area (Å²) in [5, 5.41) is 12.8. The Morgan fingerprint density at radius 2 is 1.74 bits per heavy atom. The van der Waals surface area contributed by atoms with Crippen LogP contribution in [0, 0.1) is 0 Å². The van der Waals surface area contributed by atoms with Crippen LogP contribution in [0.25, 0.3) is 10.6 Å². The lowest BCUT2D eigenvalue weighted by molar-refractivity contribution is -0.128. The van der Waals surface area contributed by atoms with E-state index in [1.807, 2.05) is 71.6 Å². The van der Waals surface area contributed by atoms with E-state index in [4.69, 9.17) is 11.6 Å². The largest absolute Gasteiger partial charge is 0.322 e. The van der Waals surface area contributed by atoms with E-state index in [1.54, 1.807) is 23.9 Å². The summed E-state index contributed by atoms with van der Waals surface area (Å²) >= 11 is 8.89. The Balaban J connectivity index is 1.26. The zero-order chi connectivity index (χ0) is 23.5. The fraction of sp³-hybridized carbons (Fsp3) is 0.120. The third-order valence-electron chi connectivity index (χ3n) is 5.36. The van der Waals surface area contributed by atoms with E-state index in [0.29, 0.717) is 28.0 Å². The van der Waals surface area contributed by atoms with Gasteiger partial charge in [0.1, 0.15) is 10.4 Å². The van der Waals surface area contributed by atoms with E-state index in [1.165, 1.54) is 11.3 Å². The standard InChI is InChI=1S/C25H19ClN4O2S2/c26-20-12-6-16(7-13-20)14-30-21(31)15-33-24(30)19-10-8-17(9-11-19)22(32)27-25-29-28-23(34-25)18-4-2-1-3-5-18/h1-13,24H,14-15H2,(H,27,29,32). The maximum absolute atomic E-state index is 12.7. The number of anilines is 1. The van der Waals surface area contributed by atoms with Crippen molar-refractivity contribution in [2.24, 2.45) is 0 Å². The summed E-state index contributed by atoms with van der Waals surface area (Å²) in [6.07, 6.45) is 0. The van der Waals surface area contributed by atoms with Crippen LogP contribution in [-0.4, -0.2) is 32.7 Å². The van der Waals surface area contributed by atoms with Crippen molar-refractivity contribution in [2.75, 3.05) is 11.1 Å². The lowest BCUT2D eigenvalue weighted by atomic mass is 10.1. The Bertz CT molecular complexity index is 1310. The topological polar surface area (TPSA) is 75.2 Å². The number of halogens is 1. The summed E-state index contributed by atoms with van der Waals surface area (Å²) in [6.45, 7) is 0.511. The minimum Gasteiger partial charge on any atom is -0.322 e. The summed E-state index contributed by atoms with van der Waals surface area (Å²) < 4.78 is 0. The predicted molar refractivity (Wildman–Crippen MR) is 137 cm³/mol. The molecule has 1 aliphatic heterocycles. The second kappa shape index (κ2) is 9.97. The fourth-order valence-corrected chi connectivity index (χ4v) is 5.69. The number of hydrogen-bond acceptors (Lipinski definition) is 6. The van der Waals surface area contributed by atoms with Gasteiger partial charge in [-0.2, -0.15) is 0 Å². The lowest BCUT2D eigenvalue weighted by Gasteiger charge is -2.24. The number of nitrogens with zero attached hydrogens (tertiary/aromatic N) is 3. The zero-order valence-electron chi connectivity index (χ0n) is 17.8. The van der Waals surface area contributed by atoms with Gasteiger partial charge in [0.2, 0.25) is 11.0 Å². The van der Waals surface area contributed by atoms with E-state index >= 15 is 0 Å². The van der Waals surface area contributed by atoms with Crippen LogP contribution in [0.3, 0.4) is 0 Å². The minimum atomic E-state index is -0.254. The first kappa shape index (κ1) is 22.6. The molecular weight excluding hydrogens is 488 g/mol. The Hall–Kier alpha value is -3.20. The maximum Gasteiger partial charge on any atom is 0.257 e. The van der Waals surface area contributed by atoms with Gasteiger partial charge in [-0.05, 0) is 35.4 Å². The van der Waals surface area contributed by atoms with Gasteiger partial charge in [-0.3, -0.25) is 14.9 Å². The summed E-state index contributed by atoms with van der Waals surface area (Å²) in [5.74, 6) is 0.272. The molecule has 9 heteroatoms. The highest BCUT2D eigenvalue weighted by Crippen LogP contribution is 2.39. The van der Waals surface area contributed by atoms with Crippen molar-refractivity contribution in [1.82, 2.24) is 15.1 Å². The van der Waals surface area contributed by atoms with E-state index < -0.39 is 0 Å². The lowest BCUT2D eigenvalue weighted by Crippen LogP contribution is -2.27. The van der Waals surface area contributed by atoms with Crippen LogP contribution in [-0.2, 0) is 11.3 Å². The highest BCUT2D eigenvalue weighted by molar-refractivity contribution is 8.00. The van der Waals surface area contributed by atoms with E-state index in [2.05, 4.69) is 15.5 Å². The first-order valence-corrected chi connectivity index (χ1v) is 12.8. The fourth-order valence-electron chi connectivity index (χ4n) is 3.63. The smallest absolute Gasteiger partial charge is 0.257 e. The van der Waals surface area contributed by atoms with Gasteiger partial charge in [-0.1, -0.05) is 77.5 Å². The molecule has 34 heavy (non-hydrogen) atoms. The zero-order valence-corrected chi connectivity index (χ0v) is 20.2. The monoisotopic (exact) mass is 506 g/mol. The van der Waals surface area contributed by atoms with Gasteiger partial charge in [0.25, 0.3) is 5.91 Å². The molecule has 1 atom stereocenters. The molecule has 1 aliphatic rings. The third kappa shape index (κ3) is 4.99. The van der Waals surface area contributed by atoms with E-state index in [9.17, 15) is 9.59 Å². The Kier molecular flexibility index (Phi) is 6.62. The van der Waals surface area contributed by atoms with Gasteiger partial charge >= 0.3 is 0 Å². The molecule has 0 spiro atoms. The average molecular weight is 507 g/mol. The van der Waals surface area contributed by atoms with Crippen molar-refractivity contribution in [3.63, 3.8) is 0 Å². The van der Waals surface area contributed by atoms with Crippen molar-refractivity contribution in [3.8, 4) is 10.6 Å². The molecule has 0 saturated carbocycles. The van der Waals surface area contributed by atoms with Crippen LogP contribution < -0.4 is 5.32 Å². The van der Waals surface area contributed by atoms with Gasteiger partial charge in [-0.15, -0.1) is 22.0 Å². The molecule has 0 radical (unpaired) electrons. The first-order valence-electron chi connectivity index (χ1n) is 10.5. The SMILES string of the molecule is O=C(Nc1nnc(-c2ccccc2)s1)c1ccc(C2SCC(=O)N2Cc2ccc(Cl)cc2)cc1. The predicted octanol–water partition coefficient (Wildman–Crippen LogP) is 5.89. The number of aromatic nitrogens is 2.